The second-order valence-electron chi connectivity index (χ2n) is 4.70. The molecule has 4 nitrogen and oxygen atoms in total. The summed E-state index contributed by atoms with van der Waals surface area (Å²) in [4.78, 5) is 4.36. The number of aryl methyl sites for hydroxylation is 1. The molecule has 0 saturated carbocycles. The lowest BCUT2D eigenvalue weighted by Gasteiger charge is -1.97. The van der Waals surface area contributed by atoms with Gasteiger partial charge in [-0.1, -0.05) is 23.9 Å². The highest BCUT2D eigenvalue weighted by Gasteiger charge is 2.03. The molecule has 3 rings (SSSR count). The highest BCUT2D eigenvalue weighted by molar-refractivity contribution is 7.98. The zero-order valence-corrected chi connectivity index (χ0v) is 12.7. The predicted octanol–water partition coefficient (Wildman–Crippen LogP) is 4.31. The number of aromatic nitrogens is 3. The Morgan fingerprint density at radius 1 is 1.18 bits per heavy atom. The van der Waals surface area contributed by atoms with Gasteiger partial charge in [0.1, 0.15) is 23.2 Å². The van der Waals surface area contributed by atoms with E-state index >= 15 is 0 Å². The summed E-state index contributed by atoms with van der Waals surface area (Å²) in [5, 5.41) is 7.65. The Bertz CT molecular complexity index is 777. The van der Waals surface area contributed by atoms with Crippen molar-refractivity contribution in [2.75, 3.05) is 0 Å². The van der Waals surface area contributed by atoms with Crippen LogP contribution in [0.4, 0.5) is 4.39 Å². The fraction of sp³-hybridized carbons (Fsp3) is 0.125. The molecule has 3 aromatic rings. The van der Waals surface area contributed by atoms with E-state index in [0.717, 1.165) is 17.1 Å². The van der Waals surface area contributed by atoms with Gasteiger partial charge >= 0.3 is 0 Å². The molecule has 0 unspecified atom stereocenters. The first kappa shape index (κ1) is 14.6. The predicted molar refractivity (Wildman–Crippen MR) is 84.7 cm³/mol. The molecule has 1 N–H and O–H groups in total. The number of nitrogens with one attached hydrogen (secondary N) is 1. The van der Waals surface area contributed by atoms with Gasteiger partial charge in [-0.3, -0.25) is 5.10 Å². The Balaban J connectivity index is 1.59. The summed E-state index contributed by atoms with van der Waals surface area (Å²) in [6.45, 7) is 1.90. The van der Waals surface area contributed by atoms with Crippen LogP contribution in [0.3, 0.4) is 0 Å². The summed E-state index contributed by atoms with van der Waals surface area (Å²) < 4.78 is 18.3. The maximum atomic E-state index is 12.8. The van der Waals surface area contributed by atoms with Crippen LogP contribution in [0.5, 0.6) is 0 Å². The lowest BCUT2D eigenvalue weighted by molar-refractivity contribution is 0.525. The van der Waals surface area contributed by atoms with Crippen LogP contribution >= 0.6 is 11.8 Å². The van der Waals surface area contributed by atoms with E-state index in [2.05, 4.69) is 15.2 Å². The molecule has 0 saturated heterocycles. The van der Waals surface area contributed by atoms with E-state index in [1.54, 1.807) is 12.1 Å². The van der Waals surface area contributed by atoms with Gasteiger partial charge in [0.2, 0.25) is 5.16 Å². The van der Waals surface area contributed by atoms with Crippen LogP contribution in [0.15, 0.2) is 46.0 Å². The Morgan fingerprint density at radius 3 is 2.73 bits per heavy atom. The van der Waals surface area contributed by atoms with Gasteiger partial charge in [-0.25, -0.2) is 9.37 Å². The largest absolute Gasteiger partial charge is 0.462 e. The van der Waals surface area contributed by atoms with Gasteiger partial charge in [0.25, 0.3) is 0 Å². The minimum absolute atomic E-state index is 0.229. The molecule has 6 heteroatoms. The maximum Gasteiger partial charge on any atom is 0.209 e. The fourth-order valence-corrected chi connectivity index (χ4v) is 2.59. The first-order chi connectivity index (χ1) is 10.7. The first-order valence-electron chi connectivity index (χ1n) is 6.73. The highest BCUT2D eigenvalue weighted by atomic mass is 32.2. The third-order valence-corrected chi connectivity index (χ3v) is 3.85. The van der Waals surface area contributed by atoms with Crippen molar-refractivity contribution in [2.45, 2.75) is 17.8 Å². The molecule has 22 heavy (non-hydrogen) atoms. The third kappa shape index (κ3) is 3.85. The molecule has 1 aromatic carbocycles. The molecule has 2 aromatic heterocycles. The molecule has 2 heterocycles. The van der Waals surface area contributed by atoms with Crippen LogP contribution in [0, 0.1) is 12.7 Å². The quantitative estimate of drug-likeness (QED) is 0.713. The van der Waals surface area contributed by atoms with Crippen LogP contribution in [0.1, 0.15) is 22.9 Å². The van der Waals surface area contributed by atoms with Crippen molar-refractivity contribution in [3.63, 3.8) is 0 Å². The Kier molecular flexibility index (Phi) is 4.39. The number of halogens is 1. The number of hydrogen-bond donors (Lipinski definition) is 1. The van der Waals surface area contributed by atoms with Gasteiger partial charge in [-0.05, 0) is 48.9 Å². The second-order valence-corrected chi connectivity index (χ2v) is 5.64. The zero-order valence-electron chi connectivity index (χ0n) is 11.9. The van der Waals surface area contributed by atoms with E-state index in [-0.39, 0.29) is 5.82 Å². The molecule has 0 radical (unpaired) electrons. The second kappa shape index (κ2) is 6.62. The number of H-pyrrole nitrogens is 1. The smallest absolute Gasteiger partial charge is 0.209 e. The van der Waals surface area contributed by atoms with E-state index in [0.29, 0.717) is 16.7 Å². The van der Waals surface area contributed by atoms with E-state index in [4.69, 9.17) is 4.42 Å². The summed E-state index contributed by atoms with van der Waals surface area (Å²) >= 11 is 1.49. The van der Waals surface area contributed by atoms with Gasteiger partial charge in [0.15, 0.2) is 0 Å². The molecular formula is C16H14FN3OS. The van der Waals surface area contributed by atoms with Crippen molar-refractivity contribution in [1.29, 1.82) is 0 Å². The lowest BCUT2D eigenvalue weighted by Crippen LogP contribution is -1.82. The molecular weight excluding hydrogens is 301 g/mol. The number of furan rings is 1. The van der Waals surface area contributed by atoms with Crippen molar-refractivity contribution in [3.05, 3.63) is 65.1 Å². The number of aromatic amines is 1. The maximum absolute atomic E-state index is 12.8. The van der Waals surface area contributed by atoms with Crippen molar-refractivity contribution >= 4 is 23.9 Å². The fourth-order valence-electron chi connectivity index (χ4n) is 1.83. The summed E-state index contributed by atoms with van der Waals surface area (Å²) in [6, 6.07) is 10.2. The van der Waals surface area contributed by atoms with E-state index < -0.39 is 0 Å². The van der Waals surface area contributed by atoms with Gasteiger partial charge in [-0.2, -0.15) is 0 Å². The van der Waals surface area contributed by atoms with Gasteiger partial charge in [0.05, 0.1) is 0 Å². The van der Waals surface area contributed by atoms with Gasteiger partial charge in [-0.15, -0.1) is 5.10 Å². The Hall–Kier alpha value is -2.34. The number of nitrogens with zero attached hydrogens (tertiary/aromatic N) is 2. The minimum atomic E-state index is -0.229. The molecule has 0 bridgehead atoms. The number of benzene rings is 1. The Labute approximate surface area is 131 Å². The van der Waals surface area contributed by atoms with E-state index in [1.165, 1.54) is 23.9 Å². The SMILES string of the molecule is Cc1ccc(/C=C/c2nc(SCc3ccc(F)cc3)n[nH]2)o1. The van der Waals surface area contributed by atoms with Crippen molar-refractivity contribution in [2.24, 2.45) is 0 Å². The number of hydrogen-bond acceptors (Lipinski definition) is 4. The van der Waals surface area contributed by atoms with Gasteiger partial charge < -0.3 is 4.42 Å². The molecule has 0 aliphatic heterocycles. The average Bonchev–Trinajstić information content (AvgIpc) is 3.13. The van der Waals surface area contributed by atoms with Crippen LogP contribution in [-0.2, 0) is 5.75 Å². The number of thioether (sulfide) groups is 1. The van der Waals surface area contributed by atoms with Gasteiger partial charge in [0, 0.05) is 5.75 Å². The van der Waals surface area contributed by atoms with Crippen molar-refractivity contribution in [3.8, 4) is 0 Å². The van der Waals surface area contributed by atoms with Crippen molar-refractivity contribution in [1.82, 2.24) is 15.2 Å². The Morgan fingerprint density at radius 2 is 2.00 bits per heavy atom. The summed E-state index contributed by atoms with van der Waals surface area (Å²) in [5.74, 6) is 2.77. The molecule has 0 aliphatic carbocycles. The highest BCUT2D eigenvalue weighted by Crippen LogP contribution is 2.19. The van der Waals surface area contributed by atoms with Crippen LogP contribution in [-0.4, -0.2) is 15.2 Å². The average molecular weight is 315 g/mol. The third-order valence-electron chi connectivity index (χ3n) is 2.93. The van der Waals surface area contributed by atoms with E-state index in [1.807, 2.05) is 31.2 Å². The van der Waals surface area contributed by atoms with Crippen LogP contribution in [0.25, 0.3) is 12.2 Å². The summed E-state index contributed by atoms with van der Waals surface area (Å²) in [7, 11) is 0. The molecule has 0 spiro atoms. The molecule has 112 valence electrons. The zero-order chi connectivity index (χ0) is 15.4. The topological polar surface area (TPSA) is 54.7 Å². The van der Waals surface area contributed by atoms with Crippen molar-refractivity contribution < 1.29 is 8.81 Å². The molecule has 0 fully saturated rings. The summed E-state index contributed by atoms with van der Waals surface area (Å²) in [6.07, 6.45) is 3.65. The first-order valence-corrected chi connectivity index (χ1v) is 7.72. The van der Waals surface area contributed by atoms with Crippen LogP contribution in [0.2, 0.25) is 0 Å². The lowest BCUT2D eigenvalue weighted by atomic mass is 10.2. The van der Waals surface area contributed by atoms with Crippen LogP contribution < -0.4 is 0 Å². The molecule has 0 amide bonds. The summed E-state index contributed by atoms with van der Waals surface area (Å²) in [5.41, 5.74) is 1.03. The van der Waals surface area contributed by atoms with E-state index in [9.17, 15) is 4.39 Å². The normalized spacial score (nSPS) is 11.4. The monoisotopic (exact) mass is 315 g/mol. The number of rotatable bonds is 5. The molecule has 0 atom stereocenters. The standard InChI is InChI=1S/C16H14FN3OS/c1-11-2-7-14(21-11)8-9-15-18-16(20-19-15)22-10-12-3-5-13(17)6-4-12/h2-9H,10H2,1H3,(H,18,19,20)/b9-8+. The minimum Gasteiger partial charge on any atom is -0.462 e. The molecule has 0 aliphatic rings.